The molecule has 1 saturated heterocycles. The second-order valence-corrected chi connectivity index (χ2v) is 6.71. The van der Waals surface area contributed by atoms with Crippen LogP contribution in [0.4, 0.5) is 4.79 Å². The number of carbonyl (C=O) groups is 2. The third-order valence-electron chi connectivity index (χ3n) is 4.53. The van der Waals surface area contributed by atoms with Crippen molar-refractivity contribution in [1.82, 2.24) is 10.2 Å². The minimum atomic E-state index is -1.22. The summed E-state index contributed by atoms with van der Waals surface area (Å²) in [6.07, 6.45) is -1.00. The standard InChI is InChI=1S/C19H19ClN2O4/c1-19(13-4-3-5-15(10-13)26-2)17(24)22(18(25)21-19)11-16(23)12-6-8-14(20)9-7-12/h3-10,16,23H,11H2,1-2H3,(H,21,25)/t16-,19+/m0/s1. The minimum Gasteiger partial charge on any atom is -0.497 e. The maximum absolute atomic E-state index is 12.9. The van der Waals surface area contributed by atoms with E-state index in [4.69, 9.17) is 16.3 Å². The third-order valence-corrected chi connectivity index (χ3v) is 4.78. The van der Waals surface area contributed by atoms with E-state index in [1.54, 1.807) is 55.5 Å². The predicted octanol–water partition coefficient (Wildman–Crippen LogP) is 2.85. The lowest BCUT2D eigenvalue weighted by molar-refractivity contribution is -0.132. The van der Waals surface area contributed by atoms with Crippen LogP contribution in [0.3, 0.4) is 0 Å². The summed E-state index contributed by atoms with van der Waals surface area (Å²) in [5.41, 5.74) is -0.0330. The number of nitrogens with zero attached hydrogens (tertiary/aromatic N) is 1. The number of ether oxygens (including phenoxy) is 1. The highest BCUT2D eigenvalue weighted by Crippen LogP contribution is 2.32. The summed E-state index contributed by atoms with van der Waals surface area (Å²) in [6, 6.07) is 13.0. The van der Waals surface area contributed by atoms with Crippen LogP contribution < -0.4 is 10.1 Å². The van der Waals surface area contributed by atoms with Gasteiger partial charge in [0.25, 0.3) is 5.91 Å². The van der Waals surface area contributed by atoms with Crippen LogP contribution in [0, 0.1) is 0 Å². The smallest absolute Gasteiger partial charge is 0.325 e. The molecule has 3 amide bonds. The van der Waals surface area contributed by atoms with Gasteiger partial charge < -0.3 is 15.2 Å². The van der Waals surface area contributed by atoms with Gasteiger partial charge in [-0.15, -0.1) is 0 Å². The predicted molar refractivity (Wildman–Crippen MR) is 97.0 cm³/mol. The highest BCUT2D eigenvalue weighted by molar-refractivity contribution is 6.30. The van der Waals surface area contributed by atoms with Crippen LogP contribution >= 0.6 is 11.6 Å². The Morgan fingerprint density at radius 2 is 1.92 bits per heavy atom. The summed E-state index contributed by atoms with van der Waals surface area (Å²) in [5, 5.41) is 13.6. The number of aliphatic hydroxyl groups is 1. The van der Waals surface area contributed by atoms with Crippen molar-refractivity contribution in [3.8, 4) is 5.75 Å². The van der Waals surface area contributed by atoms with Crippen molar-refractivity contribution in [1.29, 1.82) is 0 Å². The molecule has 1 aliphatic heterocycles. The van der Waals surface area contributed by atoms with Gasteiger partial charge in [0.15, 0.2) is 0 Å². The van der Waals surface area contributed by atoms with Gasteiger partial charge in [-0.2, -0.15) is 0 Å². The van der Waals surface area contributed by atoms with Crippen molar-refractivity contribution in [3.05, 3.63) is 64.7 Å². The van der Waals surface area contributed by atoms with E-state index in [1.807, 2.05) is 0 Å². The Balaban J connectivity index is 1.83. The summed E-state index contributed by atoms with van der Waals surface area (Å²) >= 11 is 5.84. The molecule has 26 heavy (non-hydrogen) atoms. The molecule has 2 N–H and O–H groups in total. The Labute approximate surface area is 156 Å². The SMILES string of the molecule is COc1cccc([C@@]2(C)NC(=O)N(C[C@H](O)c3ccc(Cl)cc3)C2=O)c1. The summed E-state index contributed by atoms with van der Waals surface area (Å²) in [7, 11) is 1.53. The number of hydrogen-bond acceptors (Lipinski definition) is 4. The van der Waals surface area contributed by atoms with Gasteiger partial charge in [-0.3, -0.25) is 9.69 Å². The minimum absolute atomic E-state index is 0.147. The van der Waals surface area contributed by atoms with Gasteiger partial charge in [0.2, 0.25) is 0 Å². The summed E-state index contributed by atoms with van der Waals surface area (Å²) in [4.78, 5) is 26.3. The zero-order valence-corrected chi connectivity index (χ0v) is 15.2. The second-order valence-electron chi connectivity index (χ2n) is 6.27. The zero-order valence-electron chi connectivity index (χ0n) is 14.4. The fourth-order valence-corrected chi connectivity index (χ4v) is 3.08. The van der Waals surface area contributed by atoms with Gasteiger partial charge in [0.1, 0.15) is 11.3 Å². The fourth-order valence-electron chi connectivity index (χ4n) is 2.96. The first-order chi connectivity index (χ1) is 12.3. The quantitative estimate of drug-likeness (QED) is 0.789. The number of benzene rings is 2. The van der Waals surface area contributed by atoms with Gasteiger partial charge in [-0.1, -0.05) is 35.9 Å². The number of halogens is 1. The lowest BCUT2D eigenvalue weighted by Gasteiger charge is -2.23. The van der Waals surface area contributed by atoms with Crippen molar-refractivity contribution in [2.45, 2.75) is 18.6 Å². The van der Waals surface area contributed by atoms with Crippen molar-refractivity contribution in [2.75, 3.05) is 13.7 Å². The molecule has 0 aromatic heterocycles. The lowest BCUT2D eigenvalue weighted by Crippen LogP contribution is -2.41. The Morgan fingerprint density at radius 3 is 2.58 bits per heavy atom. The molecule has 0 spiro atoms. The maximum atomic E-state index is 12.9. The number of urea groups is 1. The van der Waals surface area contributed by atoms with E-state index in [1.165, 1.54) is 7.11 Å². The first kappa shape index (κ1) is 18.2. The van der Waals surface area contributed by atoms with Gasteiger partial charge in [0, 0.05) is 5.02 Å². The molecule has 7 heteroatoms. The molecule has 6 nitrogen and oxygen atoms in total. The third kappa shape index (κ3) is 3.25. The summed E-state index contributed by atoms with van der Waals surface area (Å²) in [6.45, 7) is 1.49. The first-order valence-corrected chi connectivity index (χ1v) is 8.45. The summed E-state index contributed by atoms with van der Waals surface area (Å²) < 4.78 is 5.19. The lowest BCUT2D eigenvalue weighted by atomic mass is 9.92. The molecule has 1 fully saturated rings. The van der Waals surface area contributed by atoms with Crippen LogP contribution in [0.5, 0.6) is 5.75 Å². The van der Waals surface area contributed by atoms with E-state index in [2.05, 4.69) is 5.32 Å². The molecule has 0 bridgehead atoms. The van der Waals surface area contributed by atoms with Crippen LogP contribution in [0.2, 0.25) is 5.02 Å². The molecular formula is C19H19ClN2O4. The monoisotopic (exact) mass is 374 g/mol. The molecule has 1 heterocycles. The number of methoxy groups -OCH3 is 1. The number of nitrogens with one attached hydrogen (secondary N) is 1. The molecule has 3 rings (SSSR count). The number of amides is 3. The maximum Gasteiger partial charge on any atom is 0.325 e. The van der Waals surface area contributed by atoms with Gasteiger partial charge in [-0.05, 0) is 42.3 Å². The molecule has 0 radical (unpaired) electrons. The molecule has 2 aromatic rings. The van der Waals surface area contributed by atoms with Crippen molar-refractivity contribution >= 4 is 23.5 Å². The Kier molecular flexibility index (Phi) is 4.89. The van der Waals surface area contributed by atoms with E-state index in [9.17, 15) is 14.7 Å². The Hall–Kier alpha value is -2.57. The van der Waals surface area contributed by atoms with E-state index in [0.29, 0.717) is 21.9 Å². The molecule has 2 aromatic carbocycles. The fraction of sp³-hybridized carbons (Fsp3) is 0.263. The molecular weight excluding hydrogens is 356 g/mol. The highest BCUT2D eigenvalue weighted by atomic mass is 35.5. The van der Waals surface area contributed by atoms with Crippen molar-refractivity contribution in [3.63, 3.8) is 0 Å². The van der Waals surface area contributed by atoms with E-state index < -0.39 is 23.6 Å². The normalized spacial score (nSPS) is 20.8. The number of imide groups is 1. The van der Waals surface area contributed by atoms with Gasteiger partial charge in [0.05, 0.1) is 19.8 Å². The average Bonchev–Trinajstić information content (AvgIpc) is 2.86. The number of rotatable bonds is 5. The van der Waals surface area contributed by atoms with E-state index in [0.717, 1.165) is 4.90 Å². The van der Waals surface area contributed by atoms with Crippen LogP contribution in [-0.4, -0.2) is 35.6 Å². The molecule has 2 atom stereocenters. The second kappa shape index (κ2) is 6.97. The topological polar surface area (TPSA) is 78.9 Å². The molecule has 0 unspecified atom stereocenters. The van der Waals surface area contributed by atoms with Crippen LogP contribution in [0.1, 0.15) is 24.2 Å². The number of hydrogen-bond donors (Lipinski definition) is 2. The Morgan fingerprint density at radius 1 is 1.23 bits per heavy atom. The van der Waals surface area contributed by atoms with Crippen molar-refractivity contribution in [2.24, 2.45) is 0 Å². The van der Waals surface area contributed by atoms with Crippen LogP contribution in [0.25, 0.3) is 0 Å². The largest absolute Gasteiger partial charge is 0.497 e. The average molecular weight is 375 g/mol. The first-order valence-electron chi connectivity index (χ1n) is 8.07. The number of carbonyl (C=O) groups excluding carboxylic acids is 2. The number of β-amino-alcohol motifs (C(OH)–C–C–N with tert-alkyl or cyclic N) is 1. The highest BCUT2D eigenvalue weighted by Gasteiger charge is 2.49. The van der Waals surface area contributed by atoms with Crippen LogP contribution in [0.15, 0.2) is 48.5 Å². The van der Waals surface area contributed by atoms with Gasteiger partial charge >= 0.3 is 6.03 Å². The molecule has 0 aliphatic carbocycles. The molecule has 1 aliphatic rings. The zero-order chi connectivity index (χ0) is 18.9. The van der Waals surface area contributed by atoms with E-state index in [-0.39, 0.29) is 6.54 Å². The number of aliphatic hydroxyl groups excluding tert-OH is 1. The van der Waals surface area contributed by atoms with Crippen LogP contribution in [-0.2, 0) is 10.3 Å². The molecule has 0 saturated carbocycles. The van der Waals surface area contributed by atoms with Gasteiger partial charge in [-0.25, -0.2) is 4.79 Å². The van der Waals surface area contributed by atoms with Crippen molar-refractivity contribution < 1.29 is 19.4 Å². The van der Waals surface area contributed by atoms with E-state index >= 15 is 0 Å². The molecule has 136 valence electrons. The Bertz CT molecular complexity index is 840. The summed E-state index contributed by atoms with van der Waals surface area (Å²) in [5.74, 6) is 0.161.